The zero-order valence-electron chi connectivity index (χ0n) is 16.7. The summed E-state index contributed by atoms with van der Waals surface area (Å²) in [6.07, 6.45) is 2.54. The number of nitrogens with zero attached hydrogens (tertiary/aromatic N) is 1. The van der Waals surface area contributed by atoms with Crippen LogP contribution in [0.15, 0.2) is 54.7 Å². The van der Waals surface area contributed by atoms with Gasteiger partial charge in [-0.15, -0.1) is 0 Å². The largest absolute Gasteiger partial charge is 0.468 e. The highest BCUT2D eigenvalue weighted by Gasteiger charge is 2.21. The Morgan fingerprint density at radius 3 is 2.69 bits per heavy atom. The Morgan fingerprint density at radius 2 is 1.93 bits per heavy atom. The summed E-state index contributed by atoms with van der Waals surface area (Å²) in [4.78, 5) is 17.9. The van der Waals surface area contributed by atoms with E-state index in [9.17, 15) is 4.79 Å². The molecule has 6 heteroatoms. The molecule has 1 aliphatic heterocycles. The van der Waals surface area contributed by atoms with Crippen molar-refractivity contribution >= 4 is 22.6 Å². The van der Waals surface area contributed by atoms with E-state index in [2.05, 4.69) is 45.5 Å². The average molecular weight is 393 g/mol. The topological polar surface area (TPSA) is 66.6 Å². The second-order valence-corrected chi connectivity index (χ2v) is 7.29. The number of ether oxygens (including phenoxy) is 2. The van der Waals surface area contributed by atoms with Gasteiger partial charge < -0.3 is 24.7 Å². The number of aromatic nitrogens is 1. The first kappa shape index (κ1) is 19.5. The third-order valence-electron chi connectivity index (χ3n) is 5.45. The number of benzene rings is 2. The summed E-state index contributed by atoms with van der Waals surface area (Å²) in [5.74, 6) is -0.250. The Kier molecular flexibility index (Phi) is 6.12. The molecule has 0 saturated carbocycles. The van der Waals surface area contributed by atoms with Crippen molar-refractivity contribution in [2.45, 2.75) is 19.0 Å². The van der Waals surface area contributed by atoms with Gasteiger partial charge in [-0.3, -0.25) is 4.79 Å². The van der Waals surface area contributed by atoms with Gasteiger partial charge in [0.15, 0.2) is 0 Å². The summed E-state index contributed by atoms with van der Waals surface area (Å²) in [5, 5.41) is 4.50. The predicted octanol–water partition coefficient (Wildman–Crippen LogP) is 2.88. The highest BCUT2D eigenvalue weighted by molar-refractivity contribution is 5.84. The fourth-order valence-electron chi connectivity index (χ4n) is 3.79. The van der Waals surface area contributed by atoms with Gasteiger partial charge in [0.05, 0.1) is 20.3 Å². The number of hydrogen-bond donors (Lipinski definition) is 2. The zero-order valence-corrected chi connectivity index (χ0v) is 16.7. The van der Waals surface area contributed by atoms with E-state index in [0.29, 0.717) is 13.0 Å². The molecule has 0 amide bonds. The molecule has 1 fully saturated rings. The maximum absolute atomic E-state index is 12.3. The van der Waals surface area contributed by atoms with Crippen LogP contribution < -0.4 is 10.2 Å². The number of carbonyl (C=O) groups is 1. The SMILES string of the molecule is COC(=O)[C@H](Cc1c[nH]c2ccccc12)NCc1ccc(N2CCOCC2)cc1. The van der Waals surface area contributed by atoms with Crippen molar-refractivity contribution in [3.63, 3.8) is 0 Å². The molecule has 1 atom stereocenters. The molecule has 2 heterocycles. The number of methoxy groups -OCH3 is 1. The summed E-state index contributed by atoms with van der Waals surface area (Å²) in [6, 6.07) is 16.2. The molecule has 0 bridgehead atoms. The quantitative estimate of drug-likeness (QED) is 0.604. The maximum atomic E-state index is 12.3. The second-order valence-electron chi connectivity index (χ2n) is 7.29. The van der Waals surface area contributed by atoms with Gasteiger partial charge >= 0.3 is 5.97 Å². The molecule has 0 unspecified atom stereocenters. The summed E-state index contributed by atoms with van der Waals surface area (Å²) >= 11 is 0. The number of carbonyl (C=O) groups excluding carboxylic acids is 1. The van der Waals surface area contributed by atoms with Gasteiger partial charge in [0.2, 0.25) is 0 Å². The lowest BCUT2D eigenvalue weighted by molar-refractivity contribution is -0.143. The fourth-order valence-corrected chi connectivity index (χ4v) is 3.79. The van der Waals surface area contributed by atoms with Crippen molar-refractivity contribution in [2.24, 2.45) is 0 Å². The lowest BCUT2D eigenvalue weighted by Crippen LogP contribution is -2.39. The van der Waals surface area contributed by atoms with Gasteiger partial charge in [0, 0.05) is 48.8 Å². The molecule has 1 aromatic heterocycles. The fraction of sp³-hybridized carbons (Fsp3) is 0.348. The molecule has 4 rings (SSSR count). The number of morpholine rings is 1. The molecule has 2 N–H and O–H groups in total. The van der Waals surface area contributed by atoms with Crippen LogP contribution in [0.5, 0.6) is 0 Å². The monoisotopic (exact) mass is 393 g/mol. The van der Waals surface area contributed by atoms with Gasteiger partial charge in [0.25, 0.3) is 0 Å². The Labute approximate surface area is 170 Å². The van der Waals surface area contributed by atoms with E-state index in [1.54, 1.807) is 0 Å². The van der Waals surface area contributed by atoms with E-state index < -0.39 is 6.04 Å². The minimum Gasteiger partial charge on any atom is -0.468 e. The smallest absolute Gasteiger partial charge is 0.323 e. The maximum Gasteiger partial charge on any atom is 0.323 e. The molecule has 29 heavy (non-hydrogen) atoms. The van der Waals surface area contributed by atoms with Crippen LogP contribution in [0.1, 0.15) is 11.1 Å². The second kappa shape index (κ2) is 9.11. The van der Waals surface area contributed by atoms with Crippen molar-refractivity contribution < 1.29 is 14.3 Å². The van der Waals surface area contributed by atoms with Gasteiger partial charge in [-0.1, -0.05) is 30.3 Å². The molecular weight excluding hydrogens is 366 g/mol. The number of fused-ring (bicyclic) bond motifs is 1. The number of rotatable bonds is 7. The Bertz CT molecular complexity index is 945. The normalized spacial score (nSPS) is 15.4. The Hall–Kier alpha value is -2.83. The summed E-state index contributed by atoms with van der Waals surface area (Å²) < 4.78 is 10.4. The average Bonchev–Trinajstić information content (AvgIpc) is 3.20. The van der Waals surface area contributed by atoms with Crippen molar-refractivity contribution in [3.8, 4) is 0 Å². The minimum atomic E-state index is -0.405. The molecule has 1 aliphatic rings. The van der Waals surface area contributed by atoms with Gasteiger partial charge in [-0.05, 0) is 29.3 Å². The highest BCUT2D eigenvalue weighted by atomic mass is 16.5. The van der Waals surface area contributed by atoms with Crippen LogP contribution >= 0.6 is 0 Å². The number of nitrogens with one attached hydrogen (secondary N) is 2. The van der Waals surface area contributed by atoms with Gasteiger partial charge in [-0.2, -0.15) is 0 Å². The van der Waals surface area contributed by atoms with Crippen LogP contribution in [0.4, 0.5) is 5.69 Å². The molecule has 6 nitrogen and oxygen atoms in total. The number of aromatic amines is 1. The van der Waals surface area contributed by atoms with Gasteiger partial charge in [0.1, 0.15) is 6.04 Å². The molecule has 152 valence electrons. The van der Waals surface area contributed by atoms with Crippen LogP contribution in [0.25, 0.3) is 10.9 Å². The minimum absolute atomic E-state index is 0.250. The molecular formula is C23H27N3O3. The standard InChI is InChI=1S/C23H27N3O3/c1-28-23(27)22(14-18-16-25-21-5-3-2-4-20(18)21)24-15-17-6-8-19(9-7-17)26-10-12-29-13-11-26/h2-9,16,22,24-25H,10-15H2,1H3/t22-/m0/s1. The van der Waals surface area contributed by atoms with E-state index in [-0.39, 0.29) is 5.97 Å². The van der Waals surface area contributed by atoms with E-state index in [0.717, 1.165) is 48.3 Å². The highest BCUT2D eigenvalue weighted by Crippen LogP contribution is 2.20. The molecule has 2 aromatic carbocycles. The summed E-state index contributed by atoms with van der Waals surface area (Å²) in [7, 11) is 1.43. The Balaban J connectivity index is 1.41. The van der Waals surface area contributed by atoms with E-state index in [1.165, 1.54) is 12.8 Å². The number of H-pyrrole nitrogens is 1. The third-order valence-corrected chi connectivity index (χ3v) is 5.45. The van der Waals surface area contributed by atoms with Crippen molar-refractivity contribution in [2.75, 3.05) is 38.3 Å². The van der Waals surface area contributed by atoms with Crippen LogP contribution in [0, 0.1) is 0 Å². The Morgan fingerprint density at radius 1 is 1.17 bits per heavy atom. The first-order valence-electron chi connectivity index (χ1n) is 10.0. The zero-order chi connectivity index (χ0) is 20.1. The first-order valence-corrected chi connectivity index (χ1v) is 10.0. The van der Waals surface area contributed by atoms with Gasteiger partial charge in [-0.25, -0.2) is 0 Å². The molecule has 0 radical (unpaired) electrons. The molecule has 0 spiro atoms. The van der Waals surface area contributed by atoms with Crippen LogP contribution in [-0.4, -0.2) is 50.4 Å². The van der Waals surface area contributed by atoms with Crippen molar-refractivity contribution in [3.05, 3.63) is 65.9 Å². The lowest BCUT2D eigenvalue weighted by Gasteiger charge is -2.29. The van der Waals surface area contributed by atoms with E-state index in [4.69, 9.17) is 9.47 Å². The third kappa shape index (κ3) is 4.60. The number of esters is 1. The molecule has 3 aromatic rings. The van der Waals surface area contributed by atoms with Crippen LogP contribution in [0.3, 0.4) is 0 Å². The van der Waals surface area contributed by atoms with E-state index in [1.807, 2.05) is 24.4 Å². The molecule has 0 aliphatic carbocycles. The number of hydrogen-bond acceptors (Lipinski definition) is 5. The van der Waals surface area contributed by atoms with Crippen molar-refractivity contribution in [1.82, 2.24) is 10.3 Å². The predicted molar refractivity (Wildman–Crippen MR) is 114 cm³/mol. The van der Waals surface area contributed by atoms with E-state index >= 15 is 0 Å². The first-order chi connectivity index (χ1) is 14.2. The number of para-hydroxylation sites is 1. The summed E-state index contributed by atoms with van der Waals surface area (Å²) in [6.45, 7) is 4.00. The molecule has 1 saturated heterocycles. The van der Waals surface area contributed by atoms with Crippen molar-refractivity contribution in [1.29, 1.82) is 0 Å². The number of anilines is 1. The summed E-state index contributed by atoms with van der Waals surface area (Å²) in [5.41, 5.74) is 4.52. The van der Waals surface area contributed by atoms with Crippen LogP contribution in [-0.2, 0) is 27.2 Å². The lowest BCUT2D eigenvalue weighted by atomic mass is 10.0. The van der Waals surface area contributed by atoms with Crippen LogP contribution in [0.2, 0.25) is 0 Å².